The molecule has 1 aromatic heterocycles. The lowest BCUT2D eigenvalue weighted by atomic mass is 9.88. The Morgan fingerprint density at radius 3 is 2.69 bits per heavy atom. The van der Waals surface area contributed by atoms with Crippen LogP contribution < -0.4 is 10.1 Å². The molecule has 1 heterocycles. The standard InChI is InChI=1S/C22H27NO4S2/c1-14-6-11-17-18(13-14)29-21(20(17)22(25)27-3)23-19(24)5-4-12-28-16-9-7-15(26-2)8-10-16/h7-10,14H,4-6,11-13H2,1-3H3,(H,23,24). The summed E-state index contributed by atoms with van der Waals surface area (Å²) in [6, 6.07) is 7.90. The summed E-state index contributed by atoms with van der Waals surface area (Å²) in [7, 11) is 3.04. The van der Waals surface area contributed by atoms with Crippen LogP contribution in [-0.4, -0.2) is 31.8 Å². The third kappa shape index (κ3) is 5.54. The molecule has 0 bridgehead atoms. The predicted molar refractivity (Wildman–Crippen MR) is 118 cm³/mol. The lowest BCUT2D eigenvalue weighted by Gasteiger charge is -2.18. The molecule has 0 aliphatic heterocycles. The number of carbonyl (C=O) groups excluding carboxylic acids is 2. The molecule has 1 aliphatic rings. The molecular formula is C22H27NO4S2. The van der Waals surface area contributed by atoms with Gasteiger partial charge in [0.25, 0.3) is 0 Å². The number of nitrogens with one attached hydrogen (secondary N) is 1. The Labute approximate surface area is 180 Å². The minimum absolute atomic E-state index is 0.0582. The monoisotopic (exact) mass is 433 g/mol. The van der Waals surface area contributed by atoms with Gasteiger partial charge >= 0.3 is 5.97 Å². The van der Waals surface area contributed by atoms with E-state index < -0.39 is 0 Å². The summed E-state index contributed by atoms with van der Waals surface area (Å²) in [5.74, 6) is 1.87. The Bertz CT molecular complexity index is 860. The first-order valence-electron chi connectivity index (χ1n) is 9.81. The van der Waals surface area contributed by atoms with Gasteiger partial charge in [0.15, 0.2) is 0 Å². The van der Waals surface area contributed by atoms with E-state index in [1.54, 1.807) is 18.9 Å². The van der Waals surface area contributed by atoms with Gasteiger partial charge in [0.05, 0.1) is 19.8 Å². The summed E-state index contributed by atoms with van der Waals surface area (Å²) in [4.78, 5) is 27.1. The first-order valence-corrected chi connectivity index (χ1v) is 11.6. The number of benzene rings is 1. The number of thioether (sulfide) groups is 1. The van der Waals surface area contributed by atoms with Gasteiger partial charge in [-0.15, -0.1) is 23.1 Å². The van der Waals surface area contributed by atoms with Crippen molar-refractivity contribution in [2.24, 2.45) is 5.92 Å². The molecule has 29 heavy (non-hydrogen) atoms. The Balaban J connectivity index is 1.55. The second-order valence-electron chi connectivity index (χ2n) is 7.22. The first-order chi connectivity index (χ1) is 14.0. The Morgan fingerprint density at radius 2 is 2.00 bits per heavy atom. The van der Waals surface area contributed by atoms with Gasteiger partial charge < -0.3 is 14.8 Å². The lowest BCUT2D eigenvalue weighted by Crippen LogP contribution is -2.15. The summed E-state index contributed by atoms with van der Waals surface area (Å²) >= 11 is 3.24. The zero-order chi connectivity index (χ0) is 20.8. The average molecular weight is 434 g/mol. The maximum Gasteiger partial charge on any atom is 0.341 e. The summed E-state index contributed by atoms with van der Waals surface area (Å²) < 4.78 is 10.1. The van der Waals surface area contributed by atoms with Gasteiger partial charge in [0, 0.05) is 16.2 Å². The summed E-state index contributed by atoms with van der Waals surface area (Å²) in [5, 5.41) is 3.61. The molecule has 1 aliphatic carbocycles. The van der Waals surface area contributed by atoms with Crippen LogP contribution in [0.4, 0.5) is 5.00 Å². The number of methoxy groups -OCH3 is 2. The molecule has 7 heteroatoms. The number of anilines is 1. The highest BCUT2D eigenvalue weighted by molar-refractivity contribution is 7.99. The van der Waals surface area contributed by atoms with Gasteiger partial charge in [0.2, 0.25) is 5.91 Å². The molecule has 156 valence electrons. The molecule has 0 saturated heterocycles. The van der Waals surface area contributed by atoms with Crippen molar-refractivity contribution in [1.29, 1.82) is 0 Å². The van der Waals surface area contributed by atoms with E-state index >= 15 is 0 Å². The number of carbonyl (C=O) groups is 2. The molecule has 2 aromatic rings. The van der Waals surface area contributed by atoms with E-state index in [1.165, 1.54) is 23.3 Å². The van der Waals surface area contributed by atoms with E-state index in [4.69, 9.17) is 9.47 Å². The van der Waals surface area contributed by atoms with Crippen LogP contribution in [0.25, 0.3) is 0 Å². The molecule has 0 fully saturated rings. The van der Waals surface area contributed by atoms with E-state index in [-0.39, 0.29) is 11.9 Å². The Morgan fingerprint density at radius 1 is 1.24 bits per heavy atom. The summed E-state index contributed by atoms with van der Waals surface area (Å²) in [5.41, 5.74) is 1.62. The number of hydrogen-bond donors (Lipinski definition) is 1. The van der Waals surface area contributed by atoms with E-state index in [2.05, 4.69) is 12.2 Å². The van der Waals surface area contributed by atoms with Crippen molar-refractivity contribution < 1.29 is 19.1 Å². The van der Waals surface area contributed by atoms with Crippen LogP contribution in [0, 0.1) is 5.92 Å². The molecule has 3 rings (SSSR count). The van der Waals surface area contributed by atoms with Crippen molar-refractivity contribution in [1.82, 2.24) is 0 Å². The van der Waals surface area contributed by atoms with E-state index in [0.717, 1.165) is 47.6 Å². The Kier molecular flexibility index (Phi) is 7.61. The average Bonchev–Trinajstić information content (AvgIpc) is 3.07. The van der Waals surface area contributed by atoms with E-state index in [1.807, 2.05) is 24.3 Å². The molecule has 1 amide bonds. The van der Waals surface area contributed by atoms with Crippen LogP contribution in [0.15, 0.2) is 29.2 Å². The second-order valence-corrected chi connectivity index (χ2v) is 9.50. The maximum absolute atomic E-state index is 12.5. The van der Waals surface area contributed by atoms with Gasteiger partial charge in [-0.05, 0) is 67.2 Å². The van der Waals surface area contributed by atoms with Gasteiger partial charge in [-0.25, -0.2) is 4.79 Å². The SMILES string of the molecule is COC(=O)c1c(NC(=O)CCCSc2ccc(OC)cc2)sc2c1CCC(C)C2. The van der Waals surface area contributed by atoms with Crippen LogP contribution in [-0.2, 0) is 22.4 Å². The van der Waals surface area contributed by atoms with Gasteiger partial charge in [0.1, 0.15) is 10.8 Å². The molecule has 1 atom stereocenters. The van der Waals surface area contributed by atoms with Gasteiger partial charge in [-0.3, -0.25) is 4.79 Å². The van der Waals surface area contributed by atoms with Crippen LogP contribution in [0.2, 0.25) is 0 Å². The molecule has 5 nitrogen and oxygen atoms in total. The largest absolute Gasteiger partial charge is 0.497 e. The highest BCUT2D eigenvalue weighted by Crippen LogP contribution is 2.40. The van der Waals surface area contributed by atoms with Crippen molar-refractivity contribution in [3.63, 3.8) is 0 Å². The molecule has 0 spiro atoms. The van der Waals surface area contributed by atoms with Crippen molar-refractivity contribution in [2.75, 3.05) is 25.3 Å². The predicted octanol–water partition coefficient (Wildman–Crippen LogP) is 5.18. The minimum Gasteiger partial charge on any atom is -0.497 e. The van der Waals surface area contributed by atoms with Crippen molar-refractivity contribution in [2.45, 2.75) is 43.9 Å². The van der Waals surface area contributed by atoms with E-state index in [9.17, 15) is 9.59 Å². The number of hydrogen-bond acceptors (Lipinski definition) is 6. The van der Waals surface area contributed by atoms with Crippen LogP contribution in [0.5, 0.6) is 5.75 Å². The molecular weight excluding hydrogens is 406 g/mol. The Hall–Kier alpha value is -1.99. The smallest absolute Gasteiger partial charge is 0.341 e. The van der Waals surface area contributed by atoms with E-state index in [0.29, 0.717) is 22.9 Å². The fourth-order valence-corrected chi connectivity index (χ4v) is 5.71. The van der Waals surface area contributed by atoms with Crippen LogP contribution in [0.1, 0.15) is 47.0 Å². The highest BCUT2D eigenvalue weighted by Gasteiger charge is 2.28. The molecule has 1 aromatic carbocycles. The second kappa shape index (κ2) is 10.2. The third-order valence-corrected chi connectivity index (χ3v) is 7.30. The van der Waals surface area contributed by atoms with Crippen LogP contribution in [0.3, 0.4) is 0 Å². The quantitative estimate of drug-likeness (QED) is 0.353. The third-order valence-electron chi connectivity index (χ3n) is 5.03. The first kappa shape index (κ1) is 21.7. The summed E-state index contributed by atoms with van der Waals surface area (Å²) in [6.07, 6.45) is 4.06. The molecule has 0 saturated carbocycles. The van der Waals surface area contributed by atoms with Gasteiger partial charge in [-0.2, -0.15) is 0 Å². The van der Waals surface area contributed by atoms with Crippen molar-refractivity contribution in [3.05, 3.63) is 40.3 Å². The zero-order valence-corrected chi connectivity index (χ0v) is 18.7. The van der Waals surface area contributed by atoms with Crippen molar-refractivity contribution in [3.8, 4) is 5.75 Å². The van der Waals surface area contributed by atoms with Gasteiger partial charge in [-0.1, -0.05) is 6.92 Å². The van der Waals surface area contributed by atoms with Crippen LogP contribution >= 0.6 is 23.1 Å². The fraction of sp³-hybridized carbons (Fsp3) is 0.455. The number of esters is 1. The number of thiophene rings is 1. The number of ether oxygens (including phenoxy) is 2. The number of rotatable bonds is 8. The number of amides is 1. The topological polar surface area (TPSA) is 64.6 Å². The molecule has 1 unspecified atom stereocenters. The fourth-order valence-electron chi connectivity index (χ4n) is 3.44. The normalized spacial score (nSPS) is 15.5. The summed E-state index contributed by atoms with van der Waals surface area (Å²) in [6.45, 7) is 2.22. The minimum atomic E-state index is -0.359. The zero-order valence-electron chi connectivity index (χ0n) is 17.1. The highest BCUT2D eigenvalue weighted by atomic mass is 32.2. The van der Waals surface area contributed by atoms with Crippen molar-refractivity contribution >= 4 is 40.0 Å². The number of fused-ring (bicyclic) bond motifs is 1. The molecule has 1 N–H and O–H groups in total. The molecule has 0 radical (unpaired) electrons. The lowest BCUT2D eigenvalue weighted by molar-refractivity contribution is -0.116. The maximum atomic E-state index is 12.5.